The van der Waals surface area contributed by atoms with E-state index < -0.39 is 41.3 Å². The first-order valence-electron chi connectivity index (χ1n) is 5.25. The molecule has 1 atom stereocenters. The summed E-state index contributed by atoms with van der Waals surface area (Å²) in [6.07, 6.45) is -0.249. The Morgan fingerprint density at radius 3 is 2.33 bits per heavy atom. The summed E-state index contributed by atoms with van der Waals surface area (Å²) < 4.78 is 43.9. The number of halogens is 3. The Labute approximate surface area is 102 Å². The molecule has 0 bridgehead atoms. The molecule has 0 spiro atoms. The molecule has 0 saturated heterocycles. The van der Waals surface area contributed by atoms with Gasteiger partial charge in [0, 0.05) is 17.7 Å². The molecular weight excluding hydrogens is 249 g/mol. The highest BCUT2D eigenvalue weighted by atomic mass is 19.1. The van der Waals surface area contributed by atoms with Crippen molar-refractivity contribution in [2.45, 2.75) is 13.3 Å². The summed E-state index contributed by atoms with van der Waals surface area (Å²) in [5.74, 6) is -5.50. The van der Waals surface area contributed by atoms with Gasteiger partial charge in [0.05, 0.1) is 6.61 Å². The van der Waals surface area contributed by atoms with Crippen LogP contribution in [0.5, 0.6) is 0 Å². The number of esters is 1. The molecule has 1 unspecified atom stereocenters. The molecule has 1 aromatic rings. The summed E-state index contributed by atoms with van der Waals surface area (Å²) in [4.78, 5) is 22.0. The van der Waals surface area contributed by atoms with Gasteiger partial charge in [-0.25, -0.2) is 13.2 Å². The van der Waals surface area contributed by atoms with Crippen LogP contribution in [0, 0.1) is 23.4 Å². The van der Waals surface area contributed by atoms with Gasteiger partial charge in [0.25, 0.3) is 0 Å². The lowest BCUT2D eigenvalue weighted by atomic mass is 10.00. The van der Waals surface area contributed by atoms with E-state index in [1.165, 1.54) is 0 Å². The Morgan fingerprint density at radius 2 is 1.89 bits per heavy atom. The fourth-order valence-corrected chi connectivity index (χ4v) is 1.42. The molecule has 0 radical (unpaired) electrons. The van der Waals surface area contributed by atoms with Crippen molar-refractivity contribution >= 4 is 12.3 Å². The second kappa shape index (κ2) is 6.18. The zero-order valence-corrected chi connectivity index (χ0v) is 9.58. The van der Waals surface area contributed by atoms with Gasteiger partial charge >= 0.3 is 5.97 Å². The third-order valence-electron chi connectivity index (χ3n) is 2.28. The van der Waals surface area contributed by atoms with Gasteiger partial charge < -0.3 is 9.53 Å². The third kappa shape index (κ3) is 3.32. The monoisotopic (exact) mass is 260 g/mol. The molecule has 98 valence electrons. The van der Waals surface area contributed by atoms with Gasteiger partial charge in [0.1, 0.15) is 29.7 Å². The Hall–Kier alpha value is -1.85. The van der Waals surface area contributed by atoms with Crippen LogP contribution in [0.3, 0.4) is 0 Å². The van der Waals surface area contributed by atoms with Crippen LogP contribution < -0.4 is 0 Å². The highest BCUT2D eigenvalue weighted by Gasteiger charge is 2.23. The van der Waals surface area contributed by atoms with Crippen LogP contribution in [-0.4, -0.2) is 18.9 Å². The molecule has 0 saturated carbocycles. The lowest BCUT2D eigenvalue weighted by Crippen LogP contribution is -2.22. The Kier molecular flexibility index (Phi) is 4.88. The average Bonchev–Trinajstić information content (AvgIpc) is 2.28. The minimum absolute atomic E-state index is 0.0531. The second-order valence-electron chi connectivity index (χ2n) is 3.55. The van der Waals surface area contributed by atoms with E-state index in [0.717, 1.165) is 0 Å². The van der Waals surface area contributed by atoms with Crippen molar-refractivity contribution in [1.29, 1.82) is 0 Å². The lowest BCUT2D eigenvalue weighted by Gasteiger charge is -2.10. The van der Waals surface area contributed by atoms with Gasteiger partial charge in [0.2, 0.25) is 0 Å². The van der Waals surface area contributed by atoms with E-state index in [1.807, 2.05) is 0 Å². The highest BCUT2D eigenvalue weighted by Crippen LogP contribution is 2.18. The lowest BCUT2D eigenvalue weighted by molar-refractivity contribution is -0.149. The summed E-state index contributed by atoms with van der Waals surface area (Å²) in [5.41, 5.74) is -0.512. The molecule has 0 aliphatic carbocycles. The highest BCUT2D eigenvalue weighted by molar-refractivity contribution is 5.88. The predicted molar refractivity (Wildman–Crippen MR) is 56.2 cm³/mol. The predicted octanol–water partition coefficient (Wildman–Crippen LogP) is 2.02. The molecular formula is C12H11F3O3. The molecule has 0 aliphatic heterocycles. The quantitative estimate of drug-likeness (QED) is 0.462. The van der Waals surface area contributed by atoms with Gasteiger partial charge in [-0.15, -0.1) is 0 Å². The number of ether oxygens (including phenoxy) is 1. The van der Waals surface area contributed by atoms with Gasteiger partial charge in [-0.05, 0) is 13.3 Å². The van der Waals surface area contributed by atoms with Crippen LogP contribution in [0.1, 0.15) is 12.5 Å². The minimum atomic E-state index is -1.31. The van der Waals surface area contributed by atoms with E-state index in [4.69, 9.17) is 0 Å². The van der Waals surface area contributed by atoms with Crippen molar-refractivity contribution in [1.82, 2.24) is 0 Å². The number of rotatable bonds is 5. The number of hydrogen-bond donors (Lipinski definition) is 0. The summed E-state index contributed by atoms with van der Waals surface area (Å²) in [7, 11) is 0. The van der Waals surface area contributed by atoms with Crippen molar-refractivity contribution in [3.8, 4) is 0 Å². The maximum atomic E-state index is 13.3. The van der Waals surface area contributed by atoms with Crippen LogP contribution >= 0.6 is 0 Å². The largest absolute Gasteiger partial charge is 0.465 e. The van der Waals surface area contributed by atoms with Crippen molar-refractivity contribution in [2.75, 3.05) is 6.61 Å². The molecule has 0 fully saturated rings. The van der Waals surface area contributed by atoms with Crippen LogP contribution in [0.2, 0.25) is 0 Å². The van der Waals surface area contributed by atoms with Crippen LogP contribution in [0.25, 0.3) is 0 Å². The van der Waals surface area contributed by atoms with Crippen LogP contribution in [0.15, 0.2) is 12.1 Å². The van der Waals surface area contributed by atoms with Gasteiger partial charge in [-0.1, -0.05) is 0 Å². The number of hydrogen-bond acceptors (Lipinski definition) is 3. The maximum Gasteiger partial charge on any atom is 0.316 e. The first-order valence-corrected chi connectivity index (χ1v) is 5.25. The summed E-state index contributed by atoms with van der Waals surface area (Å²) in [6.45, 7) is 1.59. The minimum Gasteiger partial charge on any atom is -0.465 e. The van der Waals surface area contributed by atoms with Crippen molar-refractivity contribution < 1.29 is 27.5 Å². The molecule has 18 heavy (non-hydrogen) atoms. The molecule has 1 rings (SSSR count). The first kappa shape index (κ1) is 14.2. The fourth-order valence-electron chi connectivity index (χ4n) is 1.42. The molecule has 1 aromatic carbocycles. The summed E-state index contributed by atoms with van der Waals surface area (Å²) >= 11 is 0. The normalized spacial score (nSPS) is 12.0. The standard InChI is InChI=1S/C12H11F3O3/c1-2-18-12(17)7(6-16)3-9-10(14)4-8(13)5-11(9)15/h4-7H,2-3H2,1H3. The van der Waals surface area contributed by atoms with E-state index in [2.05, 4.69) is 4.74 Å². The smallest absolute Gasteiger partial charge is 0.316 e. The third-order valence-corrected chi connectivity index (χ3v) is 2.28. The Bertz CT molecular complexity index is 437. The van der Waals surface area contributed by atoms with Crippen LogP contribution in [-0.2, 0) is 20.7 Å². The Balaban J connectivity index is 2.95. The van der Waals surface area contributed by atoms with Crippen molar-refractivity contribution in [3.63, 3.8) is 0 Å². The number of benzene rings is 1. The molecule has 0 aromatic heterocycles. The summed E-state index contributed by atoms with van der Waals surface area (Å²) in [6, 6.07) is 0.983. The van der Waals surface area contributed by atoms with Crippen molar-refractivity contribution in [2.24, 2.45) is 5.92 Å². The van der Waals surface area contributed by atoms with Gasteiger partial charge in [-0.3, -0.25) is 4.79 Å². The van der Waals surface area contributed by atoms with E-state index in [1.54, 1.807) is 6.92 Å². The topological polar surface area (TPSA) is 43.4 Å². The molecule has 0 N–H and O–H groups in total. The number of carbonyl (C=O) groups excluding carboxylic acids is 2. The average molecular weight is 260 g/mol. The van der Waals surface area contributed by atoms with Gasteiger partial charge in [-0.2, -0.15) is 0 Å². The molecule has 3 nitrogen and oxygen atoms in total. The maximum absolute atomic E-state index is 13.3. The Morgan fingerprint density at radius 1 is 1.33 bits per heavy atom. The zero-order valence-electron chi connectivity index (χ0n) is 9.58. The van der Waals surface area contributed by atoms with Crippen molar-refractivity contribution in [3.05, 3.63) is 35.1 Å². The van der Waals surface area contributed by atoms with Crippen LogP contribution in [0.4, 0.5) is 13.2 Å². The molecule has 0 aliphatic rings. The van der Waals surface area contributed by atoms with E-state index in [9.17, 15) is 22.8 Å². The second-order valence-corrected chi connectivity index (χ2v) is 3.55. The van der Waals surface area contributed by atoms with E-state index >= 15 is 0 Å². The number of carbonyl (C=O) groups is 2. The SMILES string of the molecule is CCOC(=O)C(C=O)Cc1c(F)cc(F)cc1F. The fraction of sp³-hybridized carbons (Fsp3) is 0.333. The van der Waals surface area contributed by atoms with E-state index in [0.29, 0.717) is 12.1 Å². The van der Waals surface area contributed by atoms with E-state index in [-0.39, 0.29) is 12.9 Å². The summed E-state index contributed by atoms with van der Waals surface area (Å²) in [5, 5.41) is 0. The van der Waals surface area contributed by atoms with Gasteiger partial charge in [0.15, 0.2) is 0 Å². The first-order chi connectivity index (χ1) is 8.49. The number of aldehydes is 1. The molecule has 0 heterocycles. The zero-order chi connectivity index (χ0) is 13.7. The molecule has 0 amide bonds. The molecule has 6 heteroatoms.